The number of hydrogen-bond donors (Lipinski definition) is 5. The molecule has 0 atom stereocenters. The van der Waals surface area contributed by atoms with E-state index in [1.54, 1.807) is 30.3 Å². The van der Waals surface area contributed by atoms with Gasteiger partial charge in [-0.15, -0.1) is 5.10 Å². The highest BCUT2D eigenvalue weighted by Gasteiger charge is 2.11. The van der Waals surface area contributed by atoms with Crippen molar-refractivity contribution >= 4 is 41.0 Å². The van der Waals surface area contributed by atoms with Crippen molar-refractivity contribution in [2.45, 2.75) is 12.8 Å². The summed E-state index contributed by atoms with van der Waals surface area (Å²) in [5.41, 5.74) is 0.749. The SMILES string of the molecule is O=C(Nc1cccc(C(=O)Nc2ccc(Cl)cn2)c1)Nc1n[nH]c(CCCO)n1. The fraction of sp³-hybridized carbons (Fsp3) is 0.167. The highest BCUT2D eigenvalue weighted by atomic mass is 35.5. The van der Waals surface area contributed by atoms with Crippen LogP contribution in [0.1, 0.15) is 22.6 Å². The molecule has 29 heavy (non-hydrogen) atoms. The summed E-state index contributed by atoms with van der Waals surface area (Å²) in [7, 11) is 0. The first-order valence-corrected chi connectivity index (χ1v) is 9.04. The second kappa shape index (κ2) is 9.62. The Labute approximate surface area is 170 Å². The molecule has 0 fully saturated rings. The minimum atomic E-state index is -0.561. The number of amides is 3. The molecule has 5 N–H and O–H groups in total. The van der Waals surface area contributed by atoms with E-state index in [-0.39, 0.29) is 18.5 Å². The number of carbonyl (C=O) groups is 2. The lowest BCUT2D eigenvalue weighted by atomic mass is 10.2. The summed E-state index contributed by atoms with van der Waals surface area (Å²) in [6.07, 6.45) is 2.49. The molecule has 2 heterocycles. The van der Waals surface area contributed by atoms with Crippen molar-refractivity contribution < 1.29 is 14.7 Å². The summed E-state index contributed by atoms with van der Waals surface area (Å²) in [5.74, 6) is 0.644. The first-order chi connectivity index (χ1) is 14.0. The number of aliphatic hydroxyl groups excluding tert-OH is 1. The van der Waals surface area contributed by atoms with Crippen molar-refractivity contribution in [2.75, 3.05) is 22.6 Å². The van der Waals surface area contributed by atoms with Crippen LogP contribution in [0.5, 0.6) is 0 Å². The maximum atomic E-state index is 12.4. The van der Waals surface area contributed by atoms with E-state index in [0.29, 0.717) is 40.8 Å². The van der Waals surface area contributed by atoms with Crippen LogP contribution in [0.15, 0.2) is 42.6 Å². The number of nitrogens with one attached hydrogen (secondary N) is 4. The molecular weight excluding hydrogens is 398 g/mol. The van der Waals surface area contributed by atoms with Crippen molar-refractivity contribution in [1.29, 1.82) is 0 Å². The smallest absolute Gasteiger partial charge is 0.326 e. The molecule has 0 aliphatic rings. The average Bonchev–Trinajstić information content (AvgIpc) is 3.15. The molecule has 0 saturated heterocycles. The second-order valence-corrected chi connectivity index (χ2v) is 6.35. The highest BCUT2D eigenvalue weighted by Crippen LogP contribution is 2.14. The fourth-order valence-corrected chi connectivity index (χ4v) is 2.46. The minimum absolute atomic E-state index is 0.0436. The van der Waals surface area contributed by atoms with Gasteiger partial charge in [-0.2, -0.15) is 4.98 Å². The number of benzene rings is 1. The number of rotatable bonds is 7. The van der Waals surface area contributed by atoms with Crippen LogP contribution < -0.4 is 16.0 Å². The van der Waals surface area contributed by atoms with E-state index in [1.807, 2.05) is 0 Å². The first-order valence-electron chi connectivity index (χ1n) is 8.66. The largest absolute Gasteiger partial charge is 0.396 e. The predicted octanol–water partition coefficient (Wildman–Crippen LogP) is 2.67. The van der Waals surface area contributed by atoms with Gasteiger partial charge in [0.25, 0.3) is 5.91 Å². The number of aliphatic hydroxyl groups is 1. The van der Waals surface area contributed by atoms with Crippen molar-refractivity contribution in [2.24, 2.45) is 0 Å². The van der Waals surface area contributed by atoms with Gasteiger partial charge in [0.15, 0.2) is 0 Å². The van der Waals surface area contributed by atoms with E-state index in [4.69, 9.17) is 16.7 Å². The Bertz CT molecular complexity index is 991. The van der Waals surface area contributed by atoms with Gasteiger partial charge in [-0.05, 0) is 36.8 Å². The van der Waals surface area contributed by atoms with Crippen LogP contribution in [0.2, 0.25) is 5.02 Å². The van der Waals surface area contributed by atoms with Gasteiger partial charge >= 0.3 is 6.03 Å². The quantitative estimate of drug-likeness (QED) is 0.401. The third kappa shape index (κ3) is 5.99. The molecular formula is C18H18ClN7O3. The van der Waals surface area contributed by atoms with Crippen molar-refractivity contribution in [3.63, 3.8) is 0 Å². The number of aryl methyl sites for hydroxylation is 1. The third-order valence-electron chi connectivity index (χ3n) is 3.68. The van der Waals surface area contributed by atoms with Crippen LogP contribution in [0.3, 0.4) is 0 Å². The Hall–Kier alpha value is -3.50. The number of H-pyrrole nitrogens is 1. The summed E-state index contributed by atoms with van der Waals surface area (Å²) in [6, 6.07) is 9.05. The van der Waals surface area contributed by atoms with Crippen LogP contribution in [-0.4, -0.2) is 43.8 Å². The normalized spacial score (nSPS) is 10.4. The Balaban J connectivity index is 1.58. The monoisotopic (exact) mass is 415 g/mol. The van der Waals surface area contributed by atoms with E-state index in [0.717, 1.165) is 0 Å². The van der Waals surface area contributed by atoms with Gasteiger partial charge in [-0.25, -0.2) is 9.78 Å². The first kappa shape index (κ1) is 20.2. The third-order valence-corrected chi connectivity index (χ3v) is 3.90. The molecule has 3 amide bonds. The molecule has 0 aliphatic carbocycles. The van der Waals surface area contributed by atoms with E-state index < -0.39 is 6.03 Å². The van der Waals surface area contributed by atoms with Crippen molar-refractivity contribution in [3.8, 4) is 0 Å². The van der Waals surface area contributed by atoms with Crippen molar-refractivity contribution in [3.05, 3.63) is 59.0 Å². The van der Waals surface area contributed by atoms with E-state index in [1.165, 1.54) is 12.3 Å². The Morgan fingerprint density at radius 2 is 2.00 bits per heavy atom. The summed E-state index contributed by atoms with van der Waals surface area (Å²) < 4.78 is 0. The molecule has 0 radical (unpaired) electrons. The van der Waals surface area contributed by atoms with Crippen LogP contribution in [0.4, 0.5) is 22.2 Å². The molecule has 2 aromatic heterocycles. The number of urea groups is 1. The van der Waals surface area contributed by atoms with E-state index >= 15 is 0 Å². The zero-order chi connectivity index (χ0) is 20.6. The molecule has 0 spiro atoms. The minimum Gasteiger partial charge on any atom is -0.396 e. The van der Waals surface area contributed by atoms with Gasteiger partial charge in [0, 0.05) is 30.5 Å². The van der Waals surface area contributed by atoms with Gasteiger partial charge < -0.3 is 15.7 Å². The lowest BCUT2D eigenvalue weighted by molar-refractivity contribution is 0.102. The zero-order valence-corrected chi connectivity index (χ0v) is 15.9. The van der Waals surface area contributed by atoms with E-state index in [2.05, 4.69) is 36.1 Å². The lowest BCUT2D eigenvalue weighted by Crippen LogP contribution is -2.20. The van der Waals surface area contributed by atoms with Gasteiger partial charge in [0.05, 0.1) is 5.02 Å². The van der Waals surface area contributed by atoms with Gasteiger partial charge in [0.1, 0.15) is 11.6 Å². The number of aromatic amines is 1. The van der Waals surface area contributed by atoms with Crippen LogP contribution in [0, 0.1) is 0 Å². The summed E-state index contributed by atoms with van der Waals surface area (Å²) >= 11 is 5.77. The maximum absolute atomic E-state index is 12.4. The molecule has 150 valence electrons. The van der Waals surface area contributed by atoms with Gasteiger partial charge in [0.2, 0.25) is 5.95 Å². The lowest BCUT2D eigenvalue weighted by Gasteiger charge is -2.08. The Morgan fingerprint density at radius 1 is 1.14 bits per heavy atom. The average molecular weight is 416 g/mol. The molecule has 1 aromatic carbocycles. The predicted molar refractivity (Wildman–Crippen MR) is 108 cm³/mol. The standard InChI is InChI=1S/C18H18ClN7O3/c19-12-6-7-14(20-10-12)22-16(28)11-3-1-4-13(9-11)21-18(29)24-17-23-15(25-26-17)5-2-8-27/h1,3-4,6-7,9-10,27H,2,5,8H2,(H,20,22,28)(H3,21,23,24,25,26,29). The van der Waals surface area contributed by atoms with Gasteiger partial charge in [-0.1, -0.05) is 17.7 Å². The number of halogens is 1. The van der Waals surface area contributed by atoms with Crippen molar-refractivity contribution in [1.82, 2.24) is 20.2 Å². The summed E-state index contributed by atoms with van der Waals surface area (Å²) in [4.78, 5) is 32.6. The Kier molecular flexibility index (Phi) is 6.72. The van der Waals surface area contributed by atoms with E-state index in [9.17, 15) is 9.59 Å². The number of anilines is 3. The molecule has 0 bridgehead atoms. The number of pyridine rings is 1. The number of hydrogen-bond acceptors (Lipinski definition) is 6. The second-order valence-electron chi connectivity index (χ2n) is 5.91. The molecule has 3 aromatic rings. The molecule has 3 rings (SSSR count). The Morgan fingerprint density at radius 3 is 2.76 bits per heavy atom. The highest BCUT2D eigenvalue weighted by molar-refractivity contribution is 6.30. The van der Waals surface area contributed by atoms with Crippen LogP contribution in [0.25, 0.3) is 0 Å². The summed E-state index contributed by atoms with van der Waals surface area (Å²) in [6.45, 7) is 0.0436. The number of carbonyl (C=O) groups excluding carboxylic acids is 2. The van der Waals surface area contributed by atoms with Gasteiger partial charge in [-0.3, -0.25) is 15.2 Å². The molecule has 0 unspecified atom stereocenters. The fourth-order valence-electron chi connectivity index (χ4n) is 2.35. The zero-order valence-electron chi connectivity index (χ0n) is 15.1. The van der Waals surface area contributed by atoms with Crippen LogP contribution in [-0.2, 0) is 6.42 Å². The molecule has 11 heteroatoms. The summed E-state index contributed by atoms with van der Waals surface area (Å²) in [5, 5.41) is 23.6. The molecule has 0 aliphatic heterocycles. The number of nitrogens with zero attached hydrogens (tertiary/aromatic N) is 3. The molecule has 10 nitrogen and oxygen atoms in total. The maximum Gasteiger partial charge on any atom is 0.326 e. The number of aromatic nitrogens is 4. The topological polar surface area (TPSA) is 145 Å². The molecule has 0 saturated carbocycles. The van der Waals surface area contributed by atoms with Crippen LogP contribution >= 0.6 is 11.6 Å².